The molecule has 2 rings (SSSR count). The summed E-state index contributed by atoms with van der Waals surface area (Å²) in [5, 5.41) is 0.618. The molecule has 0 aliphatic rings. The number of hydrogen-bond acceptors (Lipinski definition) is 5. The van der Waals surface area contributed by atoms with Crippen LogP contribution in [0.25, 0.3) is 0 Å². The van der Waals surface area contributed by atoms with Crippen molar-refractivity contribution in [2.75, 3.05) is 11.5 Å². The Hall–Kier alpha value is -1.75. The van der Waals surface area contributed by atoms with Crippen LogP contribution in [0, 0.1) is 0 Å². The van der Waals surface area contributed by atoms with E-state index in [2.05, 4.69) is 41.2 Å². The molecule has 0 saturated carbocycles. The van der Waals surface area contributed by atoms with E-state index in [1.807, 2.05) is 0 Å². The van der Waals surface area contributed by atoms with E-state index in [0.717, 1.165) is 12.2 Å². The number of aryl methyl sites for hydroxylation is 1. The Morgan fingerprint density at radius 2 is 1.56 bits per heavy atom. The number of benzene rings is 1. The Kier molecular flexibility index (Phi) is 4.04. The van der Waals surface area contributed by atoms with Crippen LogP contribution in [0.5, 0.6) is 0 Å². The summed E-state index contributed by atoms with van der Waals surface area (Å²) >= 11 is 1.53. The maximum atomic E-state index is 5.62. The lowest BCUT2D eigenvalue weighted by atomic mass is 10.1. The van der Waals surface area contributed by atoms with Crippen molar-refractivity contribution in [3.63, 3.8) is 0 Å². The van der Waals surface area contributed by atoms with Crippen molar-refractivity contribution in [1.82, 2.24) is 9.97 Å². The molecule has 0 amide bonds. The van der Waals surface area contributed by atoms with E-state index in [4.69, 9.17) is 11.5 Å². The largest absolute Gasteiger partial charge is 0.383 e. The Balaban J connectivity index is 2.01. The summed E-state index contributed by atoms with van der Waals surface area (Å²) in [7, 11) is 0. The average molecular weight is 260 g/mol. The van der Waals surface area contributed by atoms with Crippen molar-refractivity contribution in [2.45, 2.75) is 24.3 Å². The Morgan fingerprint density at radius 3 is 2.11 bits per heavy atom. The molecular weight excluding hydrogens is 244 g/mol. The van der Waals surface area contributed by atoms with Gasteiger partial charge in [-0.15, -0.1) is 0 Å². The molecule has 0 spiro atoms. The quantitative estimate of drug-likeness (QED) is 0.652. The average Bonchev–Trinajstić information content (AvgIpc) is 2.36. The van der Waals surface area contributed by atoms with Gasteiger partial charge in [0.25, 0.3) is 0 Å². The number of hydrogen-bond donors (Lipinski definition) is 2. The maximum Gasteiger partial charge on any atom is 0.191 e. The van der Waals surface area contributed by atoms with Crippen LogP contribution in [0.1, 0.15) is 18.1 Å². The van der Waals surface area contributed by atoms with Gasteiger partial charge in [0.15, 0.2) is 5.16 Å². The second-order valence-electron chi connectivity index (χ2n) is 3.96. The lowest BCUT2D eigenvalue weighted by Crippen LogP contribution is -1.99. The molecule has 5 heteroatoms. The molecular formula is C13H16N4S. The summed E-state index contributed by atoms with van der Waals surface area (Å²) in [6.45, 7) is 2.15. The lowest BCUT2D eigenvalue weighted by molar-refractivity contribution is 0.984. The lowest BCUT2D eigenvalue weighted by Gasteiger charge is -2.04. The minimum Gasteiger partial charge on any atom is -0.383 e. The number of nitrogens with two attached hydrogens (primary N) is 2. The van der Waals surface area contributed by atoms with Crippen LogP contribution in [0.3, 0.4) is 0 Å². The molecule has 1 aromatic heterocycles. The minimum atomic E-state index is 0.409. The van der Waals surface area contributed by atoms with Crippen LogP contribution in [0.15, 0.2) is 35.5 Å². The van der Waals surface area contributed by atoms with Gasteiger partial charge < -0.3 is 11.5 Å². The molecule has 0 aliphatic heterocycles. The SMILES string of the molecule is CCc1ccc(CSc2nc(N)cc(N)n2)cc1. The molecule has 0 fully saturated rings. The molecule has 0 aliphatic carbocycles. The Bertz CT molecular complexity index is 505. The number of thioether (sulfide) groups is 1. The van der Waals surface area contributed by atoms with Crippen LogP contribution in [-0.2, 0) is 12.2 Å². The van der Waals surface area contributed by atoms with Gasteiger partial charge in [-0.25, -0.2) is 9.97 Å². The van der Waals surface area contributed by atoms with Gasteiger partial charge >= 0.3 is 0 Å². The molecule has 0 unspecified atom stereocenters. The van der Waals surface area contributed by atoms with Crippen molar-refractivity contribution in [1.29, 1.82) is 0 Å². The zero-order valence-electron chi connectivity index (χ0n) is 10.3. The van der Waals surface area contributed by atoms with Gasteiger partial charge in [0.1, 0.15) is 11.6 Å². The van der Waals surface area contributed by atoms with E-state index in [-0.39, 0.29) is 0 Å². The highest BCUT2D eigenvalue weighted by molar-refractivity contribution is 7.98. The zero-order chi connectivity index (χ0) is 13.0. The molecule has 2 aromatic rings. The van der Waals surface area contributed by atoms with Gasteiger partial charge in [-0.1, -0.05) is 43.0 Å². The predicted octanol–water partition coefficient (Wildman–Crippen LogP) is 2.50. The third kappa shape index (κ3) is 3.37. The van der Waals surface area contributed by atoms with Gasteiger partial charge in [0.05, 0.1) is 0 Å². The molecule has 94 valence electrons. The first kappa shape index (κ1) is 12.7. The molecule has 0 atom stereocenters. The van der Waals surface area contributed by atoms with Gasteiger partial charge in [-0.3, -0.25) is 0 Å². The standard InChI is InChI=1S/C13H16N4S/c1-2-9-3-5-10(6-4-9)8-18-13-16-11(14)7-12(15)17-13/h3-7H,2,8H2,1H3,(H4,14,15,16,17). The van der Waals surface area contributed by atoms with Crippen molar-refractivity contribution in [3.8, 4) is 0 Å². The number of anilines is 2. The Labute approximate surface area is 111 Å². The van der Waals surface area contributed by atoms with E-state index in [9.17, 15) is 0 Å². The monoisotopic (exact) mass is 260 g/mol. The highest BCUT2D eigenvalue weighted by atomic mass is 32.2. The number of aromatic nitrogens is 2. The fourth-order valence-electron chi connectivity index (χ4n) is 1.55. The van der Waals surface area contributed by atoms with Crippen LogP contribution in [0.2, 0.25) is 0 Å². The second-order valence-corrected chi connectivity index (χ2v) is 4.90. The maximum absolute atomic E-state index is 5.62. The molecule has 18 heavy (non-hydrogen) atoms. The molecule has 0 saturated heterocycles. The first-order chi connectivity index (χ1) is 8.67. The molecule has 0 bridgehead atoms. The Morgan fingerprint density at radius 1 is 1.00 bits per heavy atom. The second kappa shape index (κ2) is 5.73. The minimum absolute atomic E-state index is 0.409. The molecule has 1 heterocycles. The van der Waals surface area contributed by atoms with E-state index >= 15 is 0 Å². The number of nitrogen functional groups attached to an aromatic ring is 2. The topological polar surface area (TPSA) is 77.8 Å². The van der Waals surface area contributed by atoms with Gasteiger partial charge in [0.2, 0.25) is 0 Å². The number of rotatable bonds is 4. The summed E-state index contributed by atoms with van der Waals surface area (Å²) in [6, 6.07) is 10.1. The summed E-state index contributed by atoms with van der Waals surface area (Å²) in [5.74, 6) is 1.63. The zero-order valence-corrected chi connectivity index (χ0v) is 11.1. The molecule has 1 aromatic carbocycles. The molecule has 4 N–H and O–H groups in total. The van der Waals surface area contributed by atoms with Crippen molar-refractivity contribution >= 4 is 23.4 Å². The first-order valence-electron chi connectivity index (χ1n) is 5.78. The van der Waals surface area contributed by atoms with Crippen LogP contribution in [-0.4, -0.2) is 9.97 Å². The van der Waals surface area contributed by atoms with Crippen LogP contribution < -0.4 is 11.5 Å². The van der Waals surface area contributed by atoms with Crippen LogP contribution >= 0.6 is 11.8 Å². The van der Waals surface area contributed by atoms with E-state index < -0.39 is 0 Å². The highest BCUT2D eigenvalue weighted by Gasteiger charge is 2.02. The fourth-order valence-corrected chi connectivity index (χ4v) is 2.37. The van der Waals surface area contributed by atoms with Gasteiger partial charge in [-0.2, -0.15) is 0 Å². The van der Waals surface area contributed by atoms with E-state index in [1.165, 1.54) is 22.9 Å². The van der Waals surface area contributed by atoms with E-state index in [0.29, 0.717) is 16.8 Å². The molecule has 4 nitrogen and oxygen atoms in total. The van der Waals surface area contributed by atoms with Crippen molar-refractivity contribution < 1.29 is 0 Å². The summed E-state index contributed by atoms with van der Waals surface area (Å²) < 4.78 is 0. The predicted molar refractivity (Wildman–Crippen MR) is 76.2 cm³/mol. The normalized spacial score (nSPS) is 10.5. The third-order valence-corrected chi connectivity index (χ3v) is 3.46. The van der Waals surface area contributed by atoms with E-state index in [1.54, 1.807) is 6.07 Å². The number of nitrogens with zero attached hydrogens (tertiary/aromatic N) is 2. The third-order valence-electron chi connectivity index (χ3n) is 2.54. The van der Waals surface area contributed by atoms with Crippen molar-refractivity contribution in [2.24, 2.45) is 0 Å². The molecule has 0 radical (unpaired) electrons. The van der Waals surface area contributed by atoms with Crippen LogP contribution in [0.4, 0.5) is 11.6 Å². The fraction of sp³-hybridized carbons (Fsp3) is 0.231. The highest BCUT2D eigenvalue weighted by Crippen LogP contribution is 2.21. The summed E-state index contributed by atoms with van der Waals surface area (Å²) in [6.07, 6.45) is 1.06. The van der Waals surface area contributed by atoms with Crippen molar-refractivity contribution in [3.05, 3.63) is 41.5 Å². The smallest absolute Gasteiger partial charge is 0.191 e. The summed E-state index contributed by atoms with van der Waals surface area (Å²) in [4.78, 5) is 8.26. The van der Waals surface area contributed by atoms with Gasteiger partial charge in [-0.05, 0) is 17.5 Å². The van der Waals surface area contributed by atoms with Gasteiger partial charge in [0, 0.05) is 11.8 Å². The summed E-state index contributed by atoms with van der Waals surface area (Å²) in [5.41, 5.74) is 13.8. The first-order valence-corrected chi connectivity index (χ1v) is 6.76.